The molecule has 8 nitrogen and oxygen atoms in total. The molecule has 0 radical (unpaired) electrons. The highest BCUT2D eigenvalue weighted by Crippen LogP contribution is 2.38. The first-order valence-corrected chi connectivity index (χ1v) is 9.43. The SMILES string of the molecule is COc1cc(/C=C/C(=O)Nc2cc3c(cc2Br)OCCO3)ccc1OCC(N)=O. The standard InChI is InChI=1S/C20H19BrN2O6/c1-26-16-8-12(2-4-15(16)29-11-19(22)24)3-5-20(25)23-14-10-18-17(9-13(14)21)27-6-7-28-18/h2-5,8-10H,6-7,11H2,1H3,(H2,22,24)(H,23,25)/b5-3+. The third-order valence-electron chi connectivity index (χ3n) is 3.87. The second kappa shape index (κ2) is 9.33. The van der Waals surface area contributed by atoms with Gasteiger partial charge in [0.05, 0.1) is 12.8 Å². The number of hydrogen-bond donors (Lipinski definition) is 2. The zero-order chi connectivity index (χ0) is 20.8. The number of methoxy groups -OCH3 is 1. The van der Waals surface area contributed by atoms with E-state index in [4.69, 9.17) is 24.7 Å². The zero-order valence-corrected chi connectivity index (χ0v) is 17.2. The minimum Gasteiger partial charge on any atom is -0.493 e. The molecule has 1 aliphatic rings. The first-order valence-electron chi connectivity index (χ1n) is 8.63. The lowest BCUT2D eigenvalue weighted by Crippen LogP contribution is -2.20. The van der Waals surface area contributed by atoms with Crippen LogP contribution in [-0.2, 0) is 9.59 Å². The molecule has 0 atom stereocenters. The van der Waals surface area contributed by atoms with E-state index in [-0.39, 0.29) is 12.5 Å². The average molecular weight is 463 g/mol. The van der Waals surface area contributed by atoms with Gasteiger partial charge in [-0.05, 0) is 39.7 Å². The van der Waals surface area contributed by atoms with Crippen molar-refractivity contribution in [2.75, 3.05) is 32.2 Å². The van der Waals surface area contributed by atoms with Crippen molar-refractivity contribution in [1.29, 1.82) is 0 Å². The number of hydrogen-bond acceptors (Lipinski definition) is 6. The van der Waals surface area contributed by atoms with E-state index in [1.54, 1.807) is 36.4 Å². The number of anilines is 1. The fraction of sp³-hybridized carbons (Fsp3) is 0.200. The third-order valence-corrected chi connectivity index (χ3v) is 4.53. The molecule has 0 bridgehead atoms. The molecule has 2 aromatic carbocycles. The Morgan fingerprint density at radius 3 is 2.59 bits per heavy atom. The monoisotopic (exact) mass is 462 g/mol. The van der Waals surface area contributed by atoms with Gasteiger partial charge in [-0.25, -0.2) is 0 Å². The number of amides is 2. The van der Waals surface area contributed by atoms with Crippen molar-refractivity contribution in [3.8, 4) is 23.0 Å². The van der Waals surface area contributed by atoms with E-state index in [9.17, 15) is 9.59 Å². The first-order chi connectivity index (χ1) is 14.0. The molecule has 3 N–H and O–H groups in total. The number of carbonyl (C=O) groups excluding carboxylic acids is 2. The number of nitrogens with two attached hydrogens (primary N) is 1. The zero-order valence-electron chi connectivity index (χ0n) is 15.6. The third kappa shape index (κ3) is 5.41. The van der Waals surface area contributed by atoms with Crippen LogP contribution in [-0.4, -0.2) is 38.7 Å². The van der Waals surface area contributed by atoms with Gasteiger partial charge in [-0.3, -0.25) is 9.59 Å². The molecule has 0 aromatic heterocycles. The molecule has 2 aromatic rings. The van der Waals surface area contributed by atoms with Crippen molar-refractivity contribution >= 4 is 39.5 Å². The maximum Gasteiger partial charge on any atom is 0.255 e. The normalized spacial score (nSPS) is 12.5. The van der Waals surface area contributed by atoms with Crippen molar-refractivity contribution < 1.29 is 28.5 Å². The lowest BCUT2D eigenvalue weighted by Gasteiger charge is -2.19. The number of rotatable bonds is 7. The summed E-state index contributed by atoms with van der Waals surface area (Å²) in [6, 6.07) is 8.50. The minimum atomic E-state index is -0.585. The van der Waals surface area contributed by atoms with Crippen molar-refractivity contribution in [1.82, 2.24) is 0 Å². The van der Waals surface area contributed by atoms with Gasteiger partial charge in [0.15, 0.2) is 29.6 Å². The molecular weight excluding hydrogens is 444 g/mol. The van der Waals surface area contributed by atoms with E-state index in [0.717, 1.165) is 0 Å². The molecule has 9 heteroatoms. The maximum absolute atomic E-state index is 12.3. The minimum absolute atomic E-state index is 0.252. The van der Waals surface area contributed by atoms with Gasteiger partial charge < -0.3 is 30.0 Å². The Bertz CT molecular complexity index is 960. The summed E-state index contributed by atoms with van der Waals surface area (Å²) in [7, 11) is 1.48. The number of benzene rings is 2. The molecule has 0 fully saturated rings. The van der Waals surface area contributed by atoms with Gasteiger partial charge in [0, 0.05) is 22.7 Å². The van der Waals surface area contributed by atoms with Crippen LogP contribution in [0.2, 0.25) is 0 Å². The fourth-order valence-corrected chi connectivity index (χ4v) is 2.98. The van der Waals surface area contributed by atoms with E-state index >= 15 is 0 Å². The van der Waals surface area contributed by atoms with E-state index in [0.29, 0.717) is 51.9 Å². The predicted molar refractivity (Wildman–Crippen MR) is 110 cm³/mol. The molecule has 1 aliphatic heterocycles. The summed E-state index contributed by atoms with van der Waals surface area (Å²) < 4.78 is 22.2. The largest absolute Gasteiger partial charge is 0.493 e. The summed E-state index contributed by atoms with van der Waals surface area (Å²) in [6.07, 6.45) is 3.02. The van der Waals surface area contributed by atoms with E-state index in [1.165, 1.54) is 13.2 Å². The lowest BCUT2D eigenvalue weighted by atomic mass is 10.2. The maximum atomic E-state index is 12.3. The fourth-order valence-electron chi connectivity index (χ4n) is 2.56. The molecule has 1 heterocycles. The summed E-state index contributed by atoms with van der Waals surface area (Å²) in [4.78, 5) is 23.2. The molecule has 3 rings (SSSR count). The van der Waals surface area contributed by atoms with Gasteiger partial charge in [-0.1, -0.05) is 6.07 Å². The van der Waals surface area contributed by atoms with Crippen LogP contribution in [0.5, 0.6) is 23.0 Å². The Labute approximate surface area is 175 Å². The topological polar surface area (TPSA) is 109 Å². The van der Waals surface area contributed by atoms with E-state index in [1.807, 2.05) is 0 Å². The molecule has 0 saturated carbocycles. The molecular formula is C20H19BrN2O6. The van der Waals surface area contributed by atoms with Crippen molar-refractivity contribution in [2.24, 2.45) is 5.73 Å². The Morgan fingerprint density at radius 2 is 1.90 bits per heavy atom. The Morgan fingerprint density at radius 1 is 1.17 bits per heavy atom. The second-order valence-electron chi connectivity index (χ2n) is 5.96. The summed E-state index contributed by atoms with van der Waals surface area (Å²) in [6.45, 7) is 0.699. The van der Waals surface area contributed by atoms with Crippen LogP contribution in [0.3, 0.4) is 0 Å². The Kier molecular flexibility index (Phi) is 6.61. The van der Waals surface area contributed by atoms with Crippen molar-refractivity contribution in [3.05, 3.63) is 46.4 Å². The number of nitrogens with one attached hydrogen (secondary N) is 1. The molecule has 0 saturated heterocycles. The lowest BCUT2D eigenvalue weighted by molar-refractivity contribution is -0.120. The smallest absolute Gasteiger partial charge is 0.255 e. The average Bonchev–Trinajstić information content (AvgIpc) is 2.71. The van der Waals surface area contributed by atoms with Crippen LogP contribution >= 0.6 is 15.9 Å². The molecule has 0 unspecified atom stereocenters. The number of fused-ring (bicyclic) bond motifs is 1. The van der Waals surface area contributed by atoms with Crippen LogP contribution in [0.1, 0.15) is 5.56 Å². The predicted octanol–water partition coefficient (Wildman–Crippen LogP) is 2.74. The van der Waals surface area contributed by atoms with Gasteiger partial charge in [0.1, 0.15) is 13.2 Å². The number of primary amides is 1. The van der Waals surface area contributed by atoms with Crippen LogP contribution < -0.4 is 30.0 Å². The first kappa shape index (κ1) is 20.5. The van der Waals surface area contributed by atoms with Gasteiger partial charge in [-0.15, -0.1) is 0 Å². The molecule has 0 aliphatic carbocycles. The summed E-state index contributed by atoms with van der Waals surface area (Å²) in [5.74, 6) is 1.10. The Hall–Kier alpha value is -3.20. The molecule has 2 amide bonds. The molecule has 29 heavy (non-hydrogen) atoms. The van der Waals surface area contributed by atoms with Crippen molar-refractivity contribution in [3.63, 3.8) is 0 Å². The van der Waals surface area contributed by atoms with Crippen LogP contribution in [0.4, 0.5) is 5.69 Å². The van der Waals surface area contributed by atoms with Gasteiger partial charge in [-0.2, -0.15) is 0 Å². The highest BCUT2D eigenvalue weighted by Gasteiger charge is 2.15. The highest BCUT2D eigenvalue weighted by molar-refractivity contribution is 9.10. The Balaban J connectivity index is 1.68. The van der Waals surface area contributed by atoms with E-state index in [2.05, 4.69) is 21.2 Å². The quantitative estimate of drug-likeness (QED) is 0.612. The molecule has 152 valence electrons. The van der Waals surface area contributed by atoms with Gasteiger partial charge in [0.2, 0.25) is 5.91 Å². The summed E-state index contributed by atoms with van der Waals surface area (Å²) >= 11 is 3.41. The van der Waals surface area contributed by atoms with Crippen LogP contribution in [0, 0.1) is 0 Å². The number of carbonyl (C=O) groups is 2. The van der Waals surface area contributed by atoms with Gasteiger partial charge >= 0.3 is 0 Å². The van der Waals surface area contributed by atoms with Crippen LogP contribution in [0.25, 0.3) is 6.08 Å². The summed E-state index contributed by atoms with van der Waals surface area (Å²) in [5, 5.41) is 2.79. The molecule has 0 spiro atoms. The summed E-state index contributed by atoms with van der Waals surface area (Å²) in [5.41, 5.74) is 6.35. The number of halogens is 1. The number of ether oxygens (including phenoxy) is 4. The highest BCUT2D eigenvalue weighted by atomic mass is 79.9. The van der Waals surface area contributed by atoms with Crippen LogP contribution in [0.15, 0.2) is 40.9 Å². The van der Waals surface area contributed by atoms with Gasteiger partial charge in [0.25, 0.3) is 5.91 Å². The van der Waals surface area contributed by atoms with Crippen molar-refractivity contribution in [2.45, 2.75) is 0 Å². The van der Waals surface area contributed by atoms with E-state index < -0.39 is 5.91 Å². The second-order valence-corrected chi connectivity index (χ2v) is 6.82.